The minimum Gasteiger partial charge on any atom is -0.351 e. The van der Waals surface area contributed by atoms with E-state index in [1.165, 1.54) is 22.6 Å². The number of sulfonamides is 2. The van der Waals surface area contributed by atoms with Crippen LogP contribution in [-0.2, 0) is 30.3 Å². The zero-order valence-corrected chi connectivity index (χ0v) is 23.3. The molecule has 4 rings (SSSR count). The number of hydrogen-bond donors (Lipinski definition) is 1. The number of aromatic nitrogens is 1. The van der Waals surface area contributed by atoms with Gasteiger partial charge in [0.25, 0.3) is 0 Å². The van der Waals surface area contributed by atoms with Gasteiger partial charge in [0, 0.05) is 37.8 Å². The van der Waals surface area contributed by atoms with Crippen LogP contribution in [-0.4, -0.2) is 68.6 Å². The number of para-hydroxylation sites is 1. The number of carbonyl (C=O) groups excluding carboxylic acids is 1. The molecule has 202 valence electrons. The summed E-state index contributed by atoms with van der Waals surface area (Å²) in [6.07, 6.45) is 2.98. The summed E-state index contributed by atoms with van der Waals surface area (Å²) in [5.74, 6) is -0.607. The topological polar surface area (TPSA) is 117 Å². The molecular weight excluding hydrogens is 524 g/mol. The fourth-order valence-electron chi connectivity index (χ4n) is 4.44. The molecule has 11 heteroatoms. The highest BCUT2D eigenvalue weighted by Crippen LogP contribution is 2.30. The molecule has 1 aromatic heterocycles. The number of fused-ring (bicyclic) bond motifs is 1. The van der Waals surface area contributed by atoms with Gasteiger partial charge >= 0.3 is 0 Å². The van der Waals surface area contributed by atoms with Crippen LogP contribution in [0.5, 0.6) is 0 Å². The third-order valence-electron chi connectivity index (χ3n) is 6.56. The molecule has 9 nitrogen and oxygen atoms in total. The van der Waals surface area contributed by atoms with Crippen LogP contribution in [0.25, 0.3) is 10.9 Å². The van der Waals surface area contributed by atoms with Gasteiger partial charge in [0.1, 0.15) is 10.9 Å². The van der Waals surface area contributed by atoms with Crippen LogP contribution < -0.4 is 5.32 Å². The van der Waals surface area contributed by atoms with E-state index in [1.54, 1.807) is 48.5 Å². The molecule has 1 aliphatic rings. The van der Waals surface area contributed by atoms with Gasteiger partial charge in [-0.05, 0) is 35.2 Å². The number of piperazine rings is 1. The average Bonchev–Trinajstić information content (AvgIpc) is 2.90. The van der Waals surface area contributed by atoms with Gasteiger partial charge in [-0.25, -0.2) is 16.8 Å². The third kappa shape index (κ3) is 5.37. The molecule has 0 radical (unpaired) electrons. The first kappa shape index (κ1) is 27.9. The fourth-order valence-corrected chi connectivity index (χ4v) is 7.61. The Morgan fingerprint density at radius 3 is 2.37 bits per heavy atom. The Labute approximate surface area is 224 Å². The van der Waals surface area contributed by atoms with E-state index in [1.807, 2.05) is 20.8 Å². The first-order valence-corrected chi connectivity index (χ1v) is 15.1. The highest BCUT2D eigenvalue weighted by atomic mass is 32.2. The lowest BCUT2D eigenvalue weighted by Crippen LogP contribution is -2.61. The zero-order chi connectivity index (χ0) is 27.7. The quantitative estimate of drug-likeness (QED) is 0.448. The summed E-state index contributed by atoms with van der Waals surface area (Å²) in [5, 5.41) is 3.27. The number of pyridine rings is 1. The van der Waals surface area contributed by atoms with Gasteiger partial charge in [-0.15, -0.1) is 6.58 Å². The number of carbonyl (C=O) groups is 1. The van der Waals surface area contributed by atoms with E-state index >= 15 is 0 Å². The van der Waals surface area contributed by atoms with Crippen LogP contribution in [0.15, 0.2) is 83.2 Å². The summed E-state index contributed by atoms with van der Waals surface area (Å²) in [7, 11) is -8.18. The van der Waals surface area contributed by atoms with Gasteiger partial charge in [-0.2, -0.15) is 8.61 Å². The minimum absolute atomic E-state index is 0.0359. The van der Waals surface area contributed by atoms with Crippen molar-refractivity contribution in [3.63, 3.8) is 0 Å². The number of benzene rings is 2. The molecule has 38 heavy (non-hydrogen) atoms. The maximum atomic E-state index is 13.9. The normalized spacial score (nSPS) is 17.8. The van der Waals surface area contributed by atoms with Crippen LogP contribution in [0.4, 0.5) is 0 Å². The first-order valence-electron chi connectivity index (χ1n) is 12.2. The molecule has 1 N–H and O–H groups in total. The zero-order valence-electron chi connectivity index (χ0n) is 21.7. The Hall–Kier alpha value is -3.12. The van der Waals surface area contributed by atoms with Gasteiger partial charge in [-0.3, -0.25) is 9.78 Å². The molecule has 1 saturated heterocycles. The molecule has 0 unspecified atom stereocenters. The molecule has 1 fully saturated rings. The minimum atomic E-state index is -4.20. The molecule has 0 saturated carbocycles. The predicted octanol–water partition coefficient (Wildman–Crippen LogP) is 2.90. The highest BCUT2D eigenvalue weighted by Gasteiger charge is 2.44. The molecule has 1 atom stereocenters. The second-order valence-electron chi connectivity index (χ2n) is 10.1. The summed E-state index contributed by atoms with van der Waals surface area (Å²) in [6, 6.07) is 13.6. The standard InChI is InChI=1S/C27H32N4O5S2/c1-5-15-29-26(32)23-19-30(37(33,34)22-13-11-21(12-14-22)27(2,3)4)17-18-31(23)38(35,36)24-10-6-8-20-9-7-16-28-25(20)24/h5-14,16,23H,1,15,17-19H2,2-4H3,(H,29,32)/t23-/m1/s1. The van der Waals surface area contributed by atoms with Gasteiger partial charge in [0.2, 0.25) is 26.0 Å². The Morgan fingerprint density at radius 1 is 1.03 bits per heavy atom. The monoisotopic (exact) mass is 556 g/mol. The Morgan fingerprint density at radius 2 is 1.71 bits per heavy atom. The predicted molar refractivity (Wildman–Crippen MR) is 147 cm³/mol. The fraction of sp³-hybridized carbons (Fsp3) is 0.333. The molecular formula is C27H32N4O5S2. The lowest BCUT2D eigenvalue weighted by atomic mass is 9.87. The molecule has 2 heterocycles. The summed E-state index contributed by atoms with van der Waals surface area (Å²) in [5.41, 5.74) is 1.12. The lowest BCUT2D eigenvalue weighted by molar-refractivity contribution is -0.125. The van der Waals surface area contributed by atoms with Crippen LogP contribution in [0.1, 0.15) is 26.3 Å². The van der Waals surface area contributed by atoms with Crippen molar-refractivity contribution in [1.29, 1.82) is 0 Å². The van der Waals surface area contributed by atoms with Crippen molar-refractivity contribution in [3.8, 4) is 0 Å². The largest absolute Gasteiger partial charge is 0.351 e. The lowest BCUT2D eigenvalue weighted by Gasteiger charge is -2.39. The van der Waals surface area contributed by atoms with Gasteiger partial charge in [-0.1, -0.05) is 57.2 Å². The van der Waals surface area contributed by atoms with Crippen molar-refractivity contribution in [3.05, 3.63) is 79.0 Å². The maximum absolute atomic E-state index is 13.9. The maximum Gasteiger partial charge on any atom is 0.246 e. The van der Waals surface area contributed by atoms with E-state index in [4.69, 9.17) is 0 Å². The van der Waals surface area contributed by atoms with Crippen molar-refractivity contribution in [2.75, 3.05) is 26.2 Å². The number of rotatable bonds is 7. The summed E-state index contributed by atoms with van der Waals surface area (Å²) in [4.78, 5) is 17.5. The van der Waals surface area contributed by atoms with Crippen molar-refractivity contribution in [2.24, 2.45) is 0 Å². The molecule has 0 bridgehead atoms. The van der Waals surface area contributed by atoms with Crippen LogP contribution in [0.3, 0.4) is 0 Å². The smallest absolute Gasteiger partial charge is 0.246 e. The van der Waals surface area contributed by atoms with Crippen LogP contribution >= 0.6 is 0 Å². The number of nitrogens with zero attached hydrogens (tertiary/aromatic N) is 3. The van der Waals surface area contributed by atoms with Gasteiger partial charge in [0.05, 0.1) is 10.4 Å². The van der Waals surface area contributed by atoms with Crippen molar-refractivity contribution in [1.82, 2.24) is 18.9 Å². The average molecular weight is 557 g/mol. The van der Waals surface area contributed by atoms with E-state index in [2.05, 4.69) is 16.9 Å². The molecule has 1 aliphatic heterocycles. The van der Waals surface area contributed by atoms with E-state index in [-0.39, 0.29) is 46.9 Å². The third-order valence-corrected chi connectivity index (χ3v) is 10.4. The van der Waals surface area contributed by atoms with E-state index in [0.29, 0.717) is 5.39 Å². The number of amides is 1. The number of nitrogens with one attached hydrogen (secondary N) is 1. The number of hydrogen-bond acceptors (Lipinski definition) is 6. The SMILES string of the molecule is C=CCNC(=O)[C@H]1CN(S(=O)(=O)c2ccc(C(C)(C)C)cc2)CCN1S(=O)(=O)c1cccc2cccnc12. The molecule has 0 spiro atoms. The Bertz CT molecular complexity index is 1560. The van der Waals surface area contributed by atoms with E-state index in [0.717, 1.165) is 9.87 Å². The van der Waals surface area contributed by atoms with Gasteiger partial charge < -0.3 is 5.32 Å². The first-order chi connectivity index (χ1) is 17.9. The second-order valence-corrected chi connectivity index (χ2v) is 13.9. The molecule has 0 aliphatic carbocycles. The molecule has 3 aromatic rings. The molecule has 2 aromatic carbocycles. The van der Waals surface area contributed by atoms with Gasteiger partial charge in [0.15, 0.2) is 0 Å². The second kappa shape index (κ2) is 10.6. The summed E-state index contributed by atoms with van der Waals surface area (Å²) < 4.78 is 57.0. The molecule has 1 amide bonds. The highest BCUT2D eigenvalue weighted by molar-refractivity contribution is 7.89. The Kier molecular flexibility index (Phi) is 7.76. The van der Waals surface area contributed by atoms with Crippen molar-refractivity contribution in [2.45, 2.75) is 42.0 Å². The van der Waals surface area contributed by atoms with Crippen LogP contribution in [0, 0.1) is 0 Å². The van der Waals surface area contributed by atoms with Crippen molar-refractivity contribution >= 4 is 36.9 Å². The Balaban J connectivity index is 1.70. The van der Waals surface area contributed by atoms with Crippen molar-refractivity contribution < 1.29 is 21.6 Å². The van der Waals surface area contributed by atoms with E-state index in [9.17, 15) is 21.6 Å². The summed E-state index contributed by atoms with van der Waals surface area (Å²) in [6.45, 7) is 9.17. The summed E-state index contributed by atoms with van der Waals surface area (Å²) >= 11 is 0. The van der Waals surface area contributed by atoms with Crippen LogP contribution in [0.2, 0.25) is 0 Å². The van der Waals surface area contributed by atoms with E-state index < -0.39 is 32.0 Å².